The maximum Gasteiger partial charge on any atom is 0.273 e. The molecule has 0 aliphatic heterocycles. The second-order valence-electron chi connectivity index (χ2n) is 8.46. The van der Waals surface area contributed by atoms with Crippen molar-refractivity contribution in [2.45, 2.75) is 53.4 Å². The number of ether oxygens (including phenoxy) is 1. The summed E-state index contributed by atoms with van der Waals surface area (Å²) in [4.78, 5) is 12.5. The van der Waals surface area contributed by atoms with Gasteiger partial charge in [-0.25, -0.2) is 0 Å². The Bertz CT molecular complexity index is 789. The highest BCUT2D eigenvalue weighted by atomic mass is 16.5. The fourth-order valence-corrected chi connectivity index (χ4v) is 3.58. The van der Waals surface area contributed by atoms with Crippen LogP contribution in [-0.4, -0.2) is 24.2 Å². The number of aryl methyl sites for hydroxylation is 2. The number of carbonyl (C=O) groups excluding carboxylic acids is 1. The predicted molar refractivity (Wildman–Crippen MR) is 105 cm³/mol. The Morgan fingerprint density at radius 1 is 1.33 bits per heavy atom. The molecular formula is C22H30N2O3. The second-order valence-corrected chi connectivity index (χ2v) is 8.46. The average Bonchev–Trinajstić information content (AvgIpc) is 3.05. The van der Waals surface area contributed by atoms with Crippen molar-refractivity contribution < 1.29 is 14.1 Å². The van der Waals surface area contributed by atoms with E-state index in [1.807, 2.05) is 31.2 Å². The first-order valence-electron chi connectivity index (χ1n) is 9.80. The van der Waals surface area contributed by atoms with Crippen molar-refractivity contribution in [3.63, 3.8) is 0 Å². The number of aromatic nitrogens is 1. The van der Waals surface area contributed by atoms with E-state index in [1.54, 1.807) is 0 Å². The minimum absolute atomic E-state index is 0.148. The number of fused-ring (bicyclic) bond motifs is 1. The van der Waals surface area contributed by atoms with Crippen molar-refractivity contribution in [3.05, 3.63) is 46.8 Å². The predicted octanol–water partition coefficient (Wildman–Crippen LogP) is 4.33. The van der Waals surface area contributed by atoms with Crippen molar-refractivity contribution in [2.24, 2.45) is 11.3 Å². The van der Waals surface area contributed by atoms with Crippen LogP contribution in [0.4, 0.5) is 0 Å². The summed E-state index contributed by atoms with van der Waals surface area (Å²) < 4.78 is 11.2. The maximum absolute atomic E-state index is 12.5. The van der Waals surface area contributed by atoms with E-state index in [9.17, 15) is 4.79 Å². The number of nitrogens with zero attached hydrogens (tertiary/aromatic N) is 1. The molecule has 27 heavy (non-hydrogen) atoms. The Morgan fingerprint density at radius 2 is 2.11 bits per heavy atom. The largest absolute Gasteiger partial charge is 0.493 e. The van der Waals surface area contributed by atoms with Crippen LogP contribution in [0.3, 0.4) is 0 Å². The molecule has 1 N–H and O–H groups in total. The van der Waals surface area contributed by atoms with Gasteiger partial charge in [0.05, 0.1) is 6.61 Å². The molecule has 146 valence electrons. The van der Waals surface area contributed by atoms with Crippen molar-refractivity contribution in [2.75, 3.05) is 13.2 Å². The first kappa shape index (κ1) is 19.5. The Labute approximate surface area is 161 Å². The molecule has 0 spiro atoms. The van der Waals surface area contributed by atoms with Gasteiger partial charge in [-0.1, -0.05) is 44.1 Å². The molecule has 5 nitrogen and oxygen atoms in total. The second kappa shape index (κ2) is 8.15. The van der Waals surface area contributed by atoms with E-state index in [0.717, 1.165) is 48.3 Å². The van der Waals surface area contributed by atoms with Gasteiger partial charge >= 0.3 is 0 Å². The monoisotopic (exact) mass is 370 g/mol. The lowest BCUT2D eigenvalue weighted by molar-refractivity contribution is 0.0941. The summed E-state index contributed by atoms with van der Waals surface area (Å²) in [6.07, 6.45) is 3.55. The van der Waals surface area contributed by atoms with Crippen LogP contribution in [-0.2, 0) is 12.8 Å². The zero-order valence-corrected chi connectivity index (χ0v) is 16.8. The van der Waals surface area contributed by atoms with E-state index in [2.05, 4.69) is 31.2 Å². The van der Waals surface area contributed by atoms with E-state index >= 15 is 0 Å². The van der Waals surface area contributed by atoms with Gasteiger partial charge in [0.15, 0.2) is 5.69 Å². The average molecular weight is 370 g/mol. The maximum atomic E-state index is 12.5. The lowest BCUT2D eigenvalue weighted by atomic mass is 9.71. The molecule has 0 bridgehead atoms. The van der Waals surface area contributed by atoms with Gasteiger partial charge in [-0.05, 0) is 49.1 Å². The number of hydrogen-bond acceptors (Lipinski definition) is 4. The van der Waals surface area contributed by atoms with Crippen LogP contribution in [0.2, 0.25) is 0 Å². The lowest BCUT2D eigenvalue weighted by Crippen LogP contribution is -2.30. The molecule has 0 fully saturated rings. The summed E-state index contributed by atoms with van der Waals surface area (Å²) in [7, 11) is 0. The minimum Gasteiger partial charge on any atom is -0.493 e. The van der Waals surface area contributed by atoms with Crippen molar-refractivity contribution in [1.29, 1.82) is 0 Å². The van der Waals surface area contributed by atoms with Crippen LogP contribution >= 0.6 is 0 Å². The van der Waals surface area contributed by atoms with Gasteiger partial charge in [-0.3, -0.25) is 4.79 Å². The number of hydrogen-bond donors (Lipinski definition) is 1. The molecule has 2 aromatic rings. The van der Waals surface area contributed by atoms with E-state index < -0.39 is 0 Å². The molecule has 0 unspecified atom stereocenters. The summed E-state index contributed by atoms with van der Waals surface area (Å²) in [6.45, 7) is 9.90. The van der Waals surface area contributed by atoms with Crippen LogP contribution < -0.4 is 10.1 Å². The van der Waals surface area contributed by atoms with E-state index in [1.165, 1.54) is 0 Å². The van der Waals surface area contributed by atoms with Gasteiger partial charge in [0.2, 0.25) is 0 Å². The SMILES string of the molecule is Cc1ccccc1OCCCNC(=O)c1noc2c1C[C@@H](C(C)(C)C)CC2. The van der Waals surface area contributed by atoms with Crippen LogP contribution in [0.15, 0.2) is 28.8 Å². The number of rotatable bonds is 6. The highest BCUT2D eigenvalue weighted by Gasteiger charge is 2.34. The quantitative estimate of drug-likeness (QED) is 0.769. The zero-order valence-electron chi connectivity index (χ0n) is 16.8. The van der Waals surface area contributed by atoms with E-state index in [-0.39, 0.29) is 11.3 Å². The summed E-state index contributed by atoms with van der Waals surface area (Å²) in [5, 5.41) is 7.00. The summed E-state index contributed by atoms with van der Waals surface area (Å²) in [5.41, 5.74) is 2.79. The highest BCUT2D eigenvalue weighted by molar-refractivity contribution is 5.93. The molecule has 1 aliphatic rings. The number of amides is 1. The minimum atomic E-state index is -0.148. The molecule has 1 aliphatic carbocycles. The molecule has 5 heteroatoms. The van der Waals surface area contributed by atoms with Crippen LogP contribution in [0.5, 0.6) is 5.75 Å². The molecule has 1 atom stereocenters. The first-order chi connectivity index (χ1) is 12.9. The van der Waals surface area contributed by atoms with E-state index in [4.69, 9.17) is 9.26 Å². The third-order valence-corrected chi connectivity index (χ3v) is 5.44. The van der Waals surface area contributed by atoms with E-state index in [0.29, 0.717) is 24.8 Å². The van der Waals surface area contributed by atoms with Gasteiger partial charge in [0.25, 0.3) is 5.91 Å². The zero-order chi connectivity index (χ0) is 19.4. The first-order valence-corrected chi connectivity index (χ1v) is 9.80. The Kier molecular flexibility index (Phi) is 5.88. The summed E-state index contributed by atoms with van der Waals surface area (Å²) >= 11 is 0. The van der Waals surface area contributed by atoms with Gasteiger partial charge < -0.3 is 14.6 Å². The van der Waals surface area contributed by atoms with Crippen molar-refractivity contribution in [1.82, 2.24) is 10.5 Å². The number of benzene rings is 1. The number of para-hydroxylation sites is 1. The fourth-order valence-electron chi connectivity index (χ4n) is 3.58. The van der Waals surface area contributed by atoms with Crippen molar-refractivity contribution in [3.8, 4) is 5.75 Å². The topological polar surface area (TPSA) is 64.4 Å². The number of nitrogens with one attached hydrogen (secondary N) is 1. The third-order valence-electron chi connectivity index (χ3n) is 5.44. The molecule has 1 aromatic carbocycles. The molecular weight excluding hydrogens is 340 g/mol. The van der Waals surface area contributed by atoms with Gasteiger partial charge in [0, 0.05) is 18.5 Å². The summed E-state index contributed by atoms with van der Waals surface area (Å²) in [5.74, 6) is 2.16. The number of carbonyl (C=O) groups is 1. The van der Waals surface area contributed by atoms with Gasteiger partial charge in [-0.2, -0.15) is 0 Å². The Hall–Kier alpha value is -2.30. The lowest BCUT2D eigenvalue weighted by Gasteiger charge is -2.33. The van der Waals surface area contributed by atoms with Crippen LogP contribution in [0, 0.1) is 18.3 Å². The molecule has 1 heterocycles. The molecule has 0 saturated carbocycles. The normalized spacial score (nSPS) is 16.7. The van der Waals surface area contributed by atoms with Crippen LogP contribution in [0.1, 0.15) is 61.0 Å². The Morgan fingerprint density at radius 3 is 2.85 bits per heavy atom. The third kappa shape index (κ3) is 4.71. The standard InChI is InChI=1S/C22H30N2O3/c1-15-8-5-6-9-18(15)26-13-7-12-23-21(25)20-17-14-16(22(2,3)4)10-11-19(17)27-24-20/h5-6,8-9,16H,7,10-14H2,1-4H3,(H,23,25)/t16-/m0/s1. The smallest absolute Gasteiger partial charge is 0.273 e. The van der Waals surface area contributed by atoms with Crippen LogP contribution in [0.25, 0.3) is 0 Å². The molecule has 3 rings (SSSR count). The van der Waals surface area contributed by atoms with Gasteiger partial charge in [0.1, 0.15) is 11.5 Å². The molecule has 1 amide bonds. The molecule has 1 aromatic heterocycles. The van der Waals surface area contributed by atoms with Gasteiger partial charge in [-0.15, -0.1) is 0 Å². The molecule has 0 saturated heterocycles. The molecule has 0 radical (unpaired) electrons. The summed E-state index contributed by atoms with van der Waals surface area (Å²) in [6, 6.07) is 7.94. The Balaban J connectivity index is 1.50. The fraction of sp³-hybridized carbons (Fsp3) is 0.545. The highest BCUT2D eigenvalue weighted by Crippen LogP contribution is 2.38. The van der Waals surface area contributed by atoms with Crippen molar-refractivity contribution >= 4 is 5.91 Å².